The smallest absolute Gasteiger partial charge is 0.295 e. The van der Waals surface area contributed by atoms with Crippen molar-refractivity contribution in [3.8, 4) is 0 Å². The van der Waals surface area contributed by atoms with Crippen molar-refractivity contribution >= 4 is 29.1 Å². The molecule has 8 nitrogen and oxygen atoms in total. The molecule has 0 aliphatic carbocycles. The van der Waals surface area contributed by atoms with Crippen LogP contribution in [0.4, 0.5) is 0 Å². The van der Waals surface area contributed by atoms with Crippen LogP contribution >= 0.6 is 11.6 Å². The lowest BCUT2D eigenvalue weighted by molar-refractivity contribution is -0.140. The Labute approximate surface area is 191 Å². The number of hydrogen-bond donors (Lipinski definition) is 1. The van der Waals surface area contributed by atoms with Crippen LogP contribution < -0.4 is 0 Å². The van der Waals surface area contributed by atoms with E-state index in [4.69, 9.17) is 16.3 Å². The Morgan fingerprint density at radius 3 is 2.66 bits per heavy atom. The van der Waals surface area contributed by atoms with E-state index in [1.54, 1.807) is 38.1 Å². The number of likely N-dealkylation sites (tertiary alicyclic amines) is 1. The molecule has 32 heavy (non-hydrogen) atoms. The molecule has 9 heteroatoms. The Morgan fingerprint density at radius 1 is 1.22 bits per heavy atom. The Kier molecular flexibility index (Phi) is 6.55. The zero-order valence-electron chi connectivity index (χ0n) is 18.0. The molecule has 4 rings (SSSR count). The summed E-state index contributed by atoms with van der Waals surface area (Å²) in [6.07, 6.45) is 1.48. The largest absolute Gasteiger partial charge is 0.507 e. The van der Waals surface area contributed by atoms with E-state index in [1.165, 1.54) is 11.1 Å². The maximum Gasteiger partial charge on any atom is 0.295 e. The molecular weight excluding hydrogens is 432 g/mol. The molecule has 3 heterocycles. The van der Waals surface area contributed by atoms with Crippen molar-refractivity contribution in [2.75, 3.05) is 39.4 Å². The minimum Gasteiger partial charge on any atom is -0.507 e. The van der Waals surface area contributed by atoms with Crippen LogP contribution in [0.25, 0.3) is 5.76 Å². The average molecular weight is 457 g/mol. The number of carbonyl (C=O) groups excluding carboxylic acids is 2. The fourth-order valence-electron chi connectivity index (χ4n) is 4.17. The summed E-state index contributed by atoms with van der Waals surface area (Å²) in [6, 6.07) is 6.25. The summed E-state index contributed by atoms with van der Waals surface area (Å²) in [6.45, 7) is 7.23. The third kappa shape index (κ3) is 4.39. The van der Waals surface area contributed by atoms with Crippen LogP contribution in [0.15, 0.2) is 36.0 Å². The van der Waals surface area contributed by atoms with E-state index in [9.17, 15) is 14.7 Å². The van der Waals surface area contributed by atoms with Crippen LogP contribution in [-0.4, -0.2) is 76.0 Å². The number of nitrogens with zero attached hydrogens (tertiary/aromatic N) is 4. The molecule has 168 valence electrons. The number of halogens is 1. The lowest BCUT2D eigenvalue weighted by Gasteiger charge is -2.31. The predicted molar refractivity (Wildman–Crippen MR) is 119 cm³/mol. The van der Waals surface area contributed by atoms with Crippen LogP contribution in [0.5, 0.6) is 0 Å². The number of ketones is 1. The molecule has 2 aliphatic rings. The van der Waals surface area contributed by atoms with Crippen LogP contribution in [0, 0.1) is 13.8 Å². The first-order valence-electron chi connectivity index (χ1n) is 10.5. The first-order valence-corrected chi connectivity index (χ1v) is 10.9. The van der Waals surface area contributed by atoms with Gasteiger partial charge in [-0.3, -0.25) is 14.5 Å². The predicted octanol–water partition coefficient (Wildman–Crippen LogP) is 2.50. The normalized spacial score (nSPS) is 21.3. The van der Waals surface area contributed by atoms with Gasteiger partial charge in [0, 0.05) is 37.4 Å². The van der Waals surface area contributed by atoms with E-state index in [0.29, 0.717) is 54.0 Å². The molecule has 1 unspecified atom stereocenters. The Bertz CT molecular complexity index is 1080. The van der Waals surface area contributed by atoms with Crippen molar-refractivity contribution in [2.24, 2.45) is 0 Å². The molecule has 0 bridgehead atoms. The summed E-state index contributed by atoms with van der Waals surface area (Å²) in [7, 11) is 0. The molecule has 2 aliphatic heterocycles. The van der Waals surface area contributed by atoms with Gasteiger partial charge in [0.05, 0.1) is 36.1 Å². The summed E-state index contributed by atoms with van der Waals surface area (Å²) in [5, 5.41) is 11.6. The molecule has 1 amide bonds. The zero-order valence-corrected chi connectivity index (χ0v) is 18.8. The van der Waals surface area contributed by atoms with Crippen LogP contribution in [-0.2, 0) is 14.3 Å². The quantitative estimate of drug-likeness (QED) is 0.419. The molecule has 1 aromatic carbocycles. The van der Waals surface area contributed by atoms with Crippen molar-refractivity contribution < 1.29 is 19.4 Å². The molecule has 1 atom stereocenters. The molecule has 2 saturated heterocycles. The number of amides is 1. The molecule has 2 fully saturated rings. The van der Waals surface area contributed by atoms with Gasteiger partial charge in [0.1, 0.15) is 11.6 Å². The number of aryl methyl sites for hydroxylation is 2. The van der Waals surface area contributed by atoms with Gasteiger partial charge in [0.15, 0.2) is 0 Å². The van der Waals surface area contributed by atoms with E-state index in [-0.39, 0.29) is 11.3 Å². The molecule has 1 aromatic heterocycles. The first-order chi connectivity index (χ1) is 15.4. The zero-order chi connectivity index (χ0) is 22.8. The lowest BCUT2D eigenvalue weighted by Crippen LogP contribution is -2.42. The second-order valence-corrected chi connectivity index (χ2v) is 8.35. The van der Waals surface area contributed by atoms with Crippen molar-refractivity contribution in [2.45, 2.75) is 19.9 Å². The van der Waals surface area contributed by atoms with E-state index < -0.39 is 17.7 Å². The number of Topliss-reactive ketones (excluding diaryl/α,β-unsaturated/α-hetero) is 1. The van der Waals surface area contributed by atoms with Gasteiger partial charge in [-0.2, -0.15) is 0 Å². The minimum absolute atomic E-state index is 0.0230. The van der Waals surface area contributed by atoms with Crippen LogP contribution in [0.3, 0.4) is 0 Å². The number of aliphatic hydroxyl groups excluding tert-OH is 1. The molecule has 1 N–H and O–H groups in total. The highest BCUT2D eigenvalue weighted by atomic mass is 35.5. The first kappa shape index (κ1) is 22.4. The van der Waals surface area contributed by atoms with Gasteiger partial charge in [0.2, 0.25) is 0 Å². The molecular formula is C23H25ClN4O4. The number of aliphatic hydroxyl groups is 1. The Hall–Kier alpha value is -2.81. The molecule has 0 radical (unpaired) electrons. The number of benzene rings is 1. The number of hydrogen-bond acceptors (Lipinski definition) is 7. The summed E-state index contributed by atoms with van der Waals surface area (Å²) >= 11 is 6.22. The van der Waals surface area contributed by atoms with E-state index in [1.807, 2.05) is 0 Å². The van der Waals surface area contributed by atoms with Crippen molar-refractivity contribution in [3.05, 3.63) is 63.7 Å². The van der Waals surface area contributed by atoms with Gasteiger partial charge in [0.25, 0.3) is 11.7 Å². The SMILES string of the molecule is Cc1ncc(C(O)=C2C(=O)C(=O)N(CCN3CCOCC3)C2c2cccc(Cl)c2)c(C)n1. The maximum absolute atomic E-state index is 13.1. The Morgan fingerprint density at radius 2 is 1.97 bits per heavy atom. The van der Waals surface area contributed by atoms with Gasteiger partial charge >= 0.3 is 0 Å². The second-order valence-electron chi connectivity index (χ2n) is 7.92. The highest BCUT2D eigenvalue weighted by molar-refractivity contribution is 6.46. The third-order valence-electron chi connectivity index (χ3n) is 5.82. The standard InChI is InChI=1S/C23H25ClN4O4/c1-14-18(13-25-15(2)26-14)21(29)19-20(16-4-3-5-17(24)12-16)28(23(31)22(19)30)7-6-27-8-10-32-11-9-27/h3-5,12-13,20,29H,6-11H2,1-2H3. The van der Waals surface area contributed by atoms with Gasteiger partial charge in [-0.05, 0) is 31.5 Å². The molecule has 0 saturated carbocycles. The van der Waals surface area contributed by atoms with E-state index in [2.05, 4.69) is 14.9 Å². The van der Waals surface area contributed by atoms with Crippen molar-refractivity contribution in [1.29, 1.82) is 0 Å². The van der Waals surface area contributed by atoms with Crippen LogP contribution in [0.1, 0.15) is 28.7 Å². The Balaban J connectivity index is 1.77. The summed E-state index contributed by atoms with van der Waals surface area (Å²) in [5.74, 6) is -1.10. The van der Waals surface area contributed by atoms with E-state index >= 15 is 0 Å². The number of morpholine rings is 1. The third-order valence-corrected chi connectivity index (χ3v) is 6.06. The van der Waals surface area contributed by atoms with Gasteiger partial charge in [-0.25, -0.2) is 9.97 Å². The fraction of sp³-hybridized carbons (Fsp3) is 0.391. The van der Waals surface area contributed by atoms with E-state index in [0.717, 1.165) is 13.1 Å². The van der Waals surface area contributed by atoms with Crippen molar-refractivity contribution in [3.63, 3.8) is 0 Å². The topological polar surface area (TPSA) is 95.9 Å². The van der Waals surface area contributed by atoms with Crippen molar-refractivity contribution in [1.82, 2.24) is 19.8 Å². The fourth-order valence-corrected chi connectivity index (χ4v) is 4.37. The number of ether oxygens (including phenoxy) is 1. The number of aromatic nitrogens is 2. The average Bonchev–Trinajstić information content (AvgIpc) is 3.03. The molecule has 2 aromatic rings. The number of rotatable bonds is 5. The van der Waals surface area contributed by atoms with Gasteiger partial charge in [-0.1, -0.05) is 23.7 Å². The van der Waals surface area contributed by atoms with Crippen LogP contribution in [0.2, 0.25) is 5.02 Å². The van der Waals surface area contributed by atoms with Gasteiger partial charge in [-0.15, -0.1) is 0 Å². The molecule has 0 spiro atoms. The summed E-state index contributed by atoms with van der Waals surface area (Å²) < 4.78 is 5.39. The minimum atomic E-state index is -0.754. The summed E-state index contributed by atoms with van der Waals surface area (Å²) in [4.78, 5) is 38.3. The highest BCUT2D eigenvalue weighted by Gasteiger charge is 2.46. The summed E-state index contributed by atoms with van der Waals surface area (Å²) in [5.41, 5.74) is 1.54. The highest BCUT2D eigenvalue weighted by Crippen LogP contribution is 2.40. The monoisotopic (exact) mass is 456 g/mol. The van der Waals surface area contributed by atoms with Gasteiger partial charge < -0.3 is 14.7 Å². The lowest BCUT2D eigenvalue weighted by atomic mass is 9.95. The number of carbonyl (C=O) groups is 2. The second kappa shape index (κ2) is 9.36. The maximum atomic E-state index is 13.1.